The van der Waals surface area contributed by atoms with Gasteiger partial charge in [-0.25, -0.2) is 4.79 Å². The molecule has 0 saturated heterocycles. The van der Waals surface area contributed by atoms with Crippen molar-refractivity contribution in [3.8, 4) is 0 Å². The summed E-state index contributed by atoms with van der Waals surface area (Å²) in [5, 5.41) is 0. The van der Waals surface area contributed by atoms with Gasteiger partial charge in [-0.3, -0.25) is 9.36 Å². The maximum absolute atomic E-state index is 12.1. The van der Waals surface area contributed by atoms with E-state index in [-0.39, 0.29) is 6.09 Å². The van der Waals surface area contributed by atoms with Crippen molar-refractivity contribution in [1.82, 2.24) is 4.57 Å². The minimum Gasteiger partial charge on any atom is -0.443 e. The number of carbonyl (C=O) groups is 2. The molecule has 19 heavy (non-hydrogen) atoms. The molecule has 0 bridgehead atoms. The van der Waals surface area contributed by atoms with Gasteiger partial charge < -0.3 is 4.74 Å². The molecule has 1 aromatic heterocycles. The number of ketones is 1. The molecule has 0 radical (unpaired) electrons. The van der Waals surface area contributed by atoms with Crippen molar-refractivity contribution in [3.63, 3.8) is 0 Å². The second-order valence-corrected chi connectivity index (χ2v) is 6.03. The lowest BCUT2D eigenvalue weighted by Gasteiger charge is -2.21. The Kier molecular flexibility index (Phi) is 3.78. The van der Waals surface area contributed by atoms with E-state index < -0.39 is 5.60 Å². The quantitative estimate of drug-likeness (QED) is 0.722. The largest absolute Gasteiger partial charge is 0.443 e. The third-order valence-electron chi connectivity index (χ3n) is 3.22. The van der Waals surface area contributed by atoms with E-state index in [0.29, 0.717) is 18.6 Å². The van der Waals surface area contributed by atoms with Gasteiger partial charge in [0.25, 0.3) is 0 Å². The molecule has 2 rings (SSSR count). The second-order valence-electron chi connectivity index (χ2n) is 6.03. The Hall–Kier alpha value is -1.58. The maximum atomic E-state index is 12.1. The lowest BCUT2D eigenvalue weighted by molar-refractivity contribution is -0.119. The Morgan fingerprint density at radius 1 is 1.21 bits per heavy atom. The number of rotatable bonds is 0. The first-order valence-electron chi connectivity index (χ1n) is 6.81. The Labute approximate surface area is 113 Å². The predicted octanol–water partition coefficient (Wildman–Crippen LogP) is 3.11. The van der Waals surface area contributed by atoms with Crippen LogP contribution in [0.4, 0.5) is 4.79 Å². The number of ether oxygens (including phenoxy) is 1. The molecule has 1 heterocycles. The molecule has 0 N–H and O–H groups in total. The molecule has 0 unspecified atom stereocenters. The van der Waals surface area contributed by atoms with Crippen molar-refractivity contribution in [1.29, 1.82) is 0 Å². The smallest absolute Gasteiger partial charge is 0.418 e. The number of aromatic nitrogens is 1. The van der Waals surface area contributed by atoms with Crippen molar-refractivity contribution in [2.75, 3.05) is 0 Å². The number of fused-ring (bicyclic) bond motifs is 1. The molecule has 0 saturated carbocycles. The Balaban J connectivity index is 2.22. The highest BCUT2D eigenvalue weighted by atomic mass is 16.6. The molecule has 1 aliphatic rings. The highest BCUT2D eigenvalue weighted by molar-refractivity contribution is 5.79. The van der Waals surface area contributed by atoms with Gasteiger partial charge in [0.15, 0.2) is 0 Å². The van der Waals surface area contributed by atoms with Crippen LogP contribution in [0.5, 0.6) is 0 Å². The minimum atomic E-state index is -0.494. The van der Waals surface area contributed by atoms with Gasteiger partial charge in [0.2, 0.25) is 0 Å². The monoisotopic (exact) mass is 263 g/mol. The summed E-state index contributed by atoms with van der Waals surface area (Å²) < 4.78 is 6.99. The van der Waals surface area contributed by atoms with Gasteiger partial charge in [-0.2, -0.15) is 0 Å². The van der Waals surface area contributed by atoms with Gasteiger partial charge in [-0.1, -0.05) is 0 Å². The summed E-state index contributed by atoms with van der Waals surface area (Å²) in [5.41, 5.74) is 1.60. The molecule has 4 nitrogen and oxygen atoms in total. The summed E-state index contributed by atoms with van der Waals surface area (Å²) in [6, 6.07) is 1.93. The molecule has 0 aliphatic heterocycles. The molecule has 0 aromatic carbocycles. The summed E-state index contributed by atoms with van der Waals surface area (Å²) in [6.45, 7) is 5.57. The van der Waals surface area contributed by atoms with Gasteiger partial charge in [0, 0.05) is 24.7 Å². The van der Waals surface area contributed by atoms with Gasteiger partial charge in [0.05, 0.1) is 0 Å². The topological polar surface area (TPSA) is 48.3 Å². The summed E-state index contributed by atoms with van der Waals surface area (Å²) in [5.74, 6) is 0.315. The molecule has 0 fully saturated rings. The van der Waals surface area contributed by atoms with E-state index in [1.165, 1.54) is 0 Å². The average Bonchev–Trinajstić information content (AvgIpc) is 2.64. The maximum Gasteiger partial charge on any atom is 0.418 e. The summed E-state index contributed by atoms with van der Waals surface area (Å²) in [4.78, 5) is 23.6. The zero-order chi connectivity index (χ0) is 14.0. The Morgan fingerprint density at radius 2 is 1.95 bits per heavy atom. The normalized spacial score (nSPS) is 16.5. The number of carbonyl (C=O) groups excluding carboxylic acids is 2. The van der Waals surface area contributed by atoms with Crippen LogP contribution in [0.25, 0.3) is 0 Å². The number of aryl methyl sites for hydroxylation is 1. The lowest BCUT2D eigenvalue weighted by atomic mass is 9.98. The van der Waals surface area contributed by atoms with Crippen LogP contribution in [0.3, 0.4) is 0 Å². The van der Waals surface area contributed by atoms with Crippen molar-refractivity contribution < 1.29 is 14.3 Å². The van der Waals surface area contributed by atoms with Crippen LogP contribution in [-0.4, -0.2) is 22.0 Å². The van der Waals surface area contributed by atoms with E-state index in [9.17, 15) is 9.59 Å². The standard InChI is InChI=1S/C15H21NO3/c1-15(2,3)19-14(18)16-10-9-11-7-8-12(17)5-4-6-13(11)16/h9-10H,4-8H2,1-3H3. The van der Waals surface area contributed by atoms with Crippen molar-refractivity contribution in [2.24, 2.45) is 0 Å². The first-order valence-corrected chi connectivity index (χ1v) is 6.81. The lowest BCUT2D eigenvalue weighted by Crippen LogP contribution is -2.28. The van der Waals surface area contributed by atoms with E-state index in [2.05, 4.69) is 0 Å². The molecule has 4 heteroatoms. The van der Waals surface area contributed by atoms with Crippen LogP contribution in [0, 0.1) is 0 Å². The van der Waals surface area contributed by atoms with Gasteiger partial charge in [-0.15, -0.1) is 0 Å². The fraction of sp³-hybridized carbons (Fsp3) is 0.600. The molecule has 1 aliphatic carbocycles. The van der Waals surface area contributed by atoms with Crippen LogP contribution >= 0.6 is 0 Å². The third kappa shape index (κ3) is 3.46. The second kappa shape index (κ2) is 5.19. The number of Topliss-reactive ketones (excluding diaryl/α,β-unsaturated/α-hetero) is 1. The highest BCUT2D eigenvalue weighted by Crippen LogP contribution is 2.21. The Bertz CT molecular complexity index is 494. The molecule has 1 aromatic rings. The van der Waals surface area contributed by atoms with E-state index in [4.69, 9.17) is 4.74 Å². The number of hydrogen-bond donors (Lipinski definition) is 0. The molecule has 0 amide bonds. The van der Waals surface area contributed by atoms with Crippen molar-refractivity contribution in [3.05, 3.63) is 23.5 Å². The van der Waals surface area contributed by atoms with Crippen LogP contribution < -0.4 is 0 Å². The highest BCUT2D eigenvalue weighted by Gasteiger charge is 2.22. The molecule has 0 atom stereocenters. The van der Waals surface area contributed by atoms with Crippen LogP contribution in [0.15, 0.2) is 12.3 Å². The first kappa shape index (κ1) is 13.8. The van der Waals surface area contributed by atoms with E-state index in [1.54, 1.807) is 10.8 Å². The first-order chi connectivity index (χ1) is 8.87. The molecular weight excluding hydrogens is 242 g/mol. The van der Waals surface area contributed by atoms with Crippen molar-refractivity contribution in [2.45, 2.75) is 58.5 Å². The zero-order valence-electron chi connectivity index (χ0n) is 11.9. The SMILES string of the molecule is CC(C)(C)OC(=O)n1ccc2c1CCCC(=O)CC2. The minimum absolute atomic E-state index is 0.315. The molecule has 0 spiro atoms. The third-order valence-corrected chi connectivity index (χ3v) is 3.22. The fourth-order valence-corrected chi connectivity index (χ4v) is 2.35. The van der Waals surface area contributed by atoms with Gasteiger partial charge in [0.1, 0.15) is 11.4 Å². The van der Waals surface area contributed by atoms with Crippen molar-refractivity contribution >= 4 is 11.9 Å². The van der Waals surface area contributed by atoms with Gasteiger partial charge in [-0.05, 0) is 51.7 Å². The number of nitrogens with zero attached hydrogens (tertiary/aromatic N) is 1. The molecule has 104 valence electrons. The molecular formula is C15H21NO3. The summed E-state index contributed by atoms with van der Waals surface area (Å²) >= 11 is 0. The van der Waals surface area contributed by atoms with E-state index in [0.717, 1.165) is 30.5 Å². The predicted molar refractivity (Wildman–Crippen MR) is 72.3 cm³/mol. The summed E-state index contributed by atoms with van der Waals surface area (Å²) in [7, 11) is 0. The van der Waals surface area contributed by atoms with E-state index >= 15 is 0 Å². The van der Waals surface area contributed by atoms with Crippen LogP contribution in [0.2, 0.25) is 0 Å². The average molecular weight is 263 g/mol. The van der Waals surface area contributed by atoms with Crippen LogP contribution in [-0.2, 0) is 22.4 Å². The number of hydrogen-bond acceptors (Lipinski definition) is 3. The van der Waals surface area contributed by atoms with Gasteiger partial charge >= 0.3 is 6.09 Å². The van der Waals surface area contributed by atoms with Crippen LogP contribution in [0.1, 0.15) is 51.3 Å². The summed E-state index contributed by atoms with van der Waals surface area (Å²) in [6.07, 6.45) is 4.90. The fourth-order valence-electron chi connectivity index (χ4n) is 2.35. The zero-order valence-corrected chi connectivity index (χ0v) is 11.9. The Morgan fingerprint density at radius 3 is 2.63 bits per heavy atom. The van der Waals surface area contributed by atoms with E-state index in [1.807, 2.05) is 26.8 Å².